The molecule has 136 valence electrons. The van der Waals surface area contributed by atoms with Gasteiger partial charge in [-0.3, -0.25) is 9.28 Å². The minimum atomic E-state index is -1.32. The smallest absolute Gasteiger partial charge is 0.204 e. The Hall–Kier alpha value is -2.54. The number of nitrogens with zero attached hydrogens (tertiary/aromatic N) is 3. The van der Waals surface area contributed by atoms with Gasteiger partial charge in [0.25, 0.3) is 0 Å². The summed E-state index contributed by atoms with van der Waals surface area (Å²) in [5, 5.41) is 18.6. The highest BCUT2D eigenvalue weighted by Crippen LogP contribution is 2.34. The fraction of sp³-hybridized carbons (Fsp3) is 0.211. The number of ketones is 1. The zero-order valence-electron chi connectivity index (χ0n) is 14.8. The first-order chi connectivity index (χ1) is 11.8. The fourth-order valence-corrected chi connectivity index (χ4v) is 2.75. The summed E-state index contributed by atoms with van der Waals surface area (Å²) < 4.78 is 0.484. The summed E-state index contributed by atoms with van der Waals surface area (Å²) in [5.41, 5.74) is 9.23. The lowest BCUT2D eigenvalue weighted by atomic mass is 9.90. The lowest BCUT2D eigenvalue weighted by Crippen LogP contribution is -3.00. The molecule has 0 radical (unpaired) electrons. The largest absolute Gasteiger partial charge is 1.00 e. The average molecular weight is 373 g/mol. The van der Waals surface area contributed by atoms with Crippen molar-refractivity contribution in [1.82, 2.24) is 4.48 Å². The summed E-state index contributed by atoms with van der Waals surface area (Å²) in [6.45, 7) is 0. The van der Waals surface area contributed by atoms with Gasteiger partial charge in [0, 0.05) is 5.69 Å². The van der Waals surface area contributed by atoms with Crippen LogP contribution in [-0.4, -0.2) is 38.1 Å². The maximum absolute atomic E-state index is 12.7. The quantitative estimate of drug-likeness (QED) is 0.457. The number of carbonyl (C=O) groups excluding carboxylic acids is 1. The Morgan fingerprint density at radius 3 is 2.31 bits per heavy atom. The number of quaternary nitrogens is 1. The normalized spacial score (nSPS) is 16.8. The summed E-state index contributed by atoms with van der Waals surface area (Å²) in [7, 11) is 5.94. The van der Waals surface area contributed by atoms with E-state index in [4.69, 9.17) is 5.73 Å². The maximum atomic E-state index is 12.7. The summed E-state index contributed by atoms with van der Waals surface area (Å²) >= 11 is 0. The Bertz CT molecular complexity index is 883. The number of fused-ring (bicyclic) bond motifs is 1. The summed E-state index contributed by atoms with van der Waals surface area (Å²) in [6.07, 6.45) is 0.388. The molecule has 0 saturated carbocycles. The predicted molar refractivity (Wildman–Crippen MR) is 99.7 cm³/mol. The molecule has 0 amide bonds. The van der Waals surface area contributed by atoms with Gasteiger partial charge in [0.15, 0.2) is 6.10 Å². The number of benzene rings is 2. The van der Waals surface area contributed by atoms with E-state index in [2.05, 4.69) is 10.2 Å². The van der Waals surface area contributed by atoms with Gasteiger partial charge in [-0.15, -0.1) is 0 Å². The summed E-state index contributed by atoms with van der Waals surface area (Å²) in [4.78, 5) is 12.7. The maximum Gasteiger partial charge on any atom is 0.204 e. The van der Waals surface area contributed by atoms with Crippen molar-refractivity contribution in [1.29, 1.82) is 0 Å². The van der Waals surface area contributed by atoms with Gasteiger partial charge >= 0.3 is 0 Å². The fourth-order valence-electron chi connectivity index (χ4n) is 2.75. The van der Waals surface area contributed by atoms with Gasteiger partial charge in [-0.2, -0.15) is 10.2 Å². The van der Waals surface area contributed by atoms with E-state index in [9.17, 15) is 9.90 Å². The lowest BCUT2D eigenvalue weighted by molar-refractivity contribution is -0.0000130. The number of hydrogen-bond donors (Lipinski definition) is 2. The third-order valence-electron chi connectivity index (χ3n) is 4.05. The highest BCUT2D eigenvalue weighted by molar-refractivity contribution is 6.10. The van der Waals surface area contributed by atoms with Crippen molar-refractivity contribution in [2.75, 3.05) is 26.9 Å². The van der Waals surface area contributed by atoms with Crippen LogP contribution in [0.5, 0.6) is 0 Å². The molecule has 2 aromatic rings. The minimum Gasteiger partial charge on any atom is -1.00 e. The number of rotatable bonds is 3. The number of halogens is 1. The molecule has 2 aromatic carbocycles. The Balaban J connectivity index is 0.00000243. The van der Waals surface area contributed by atoms with E-state index in [1.807, 2.05) is 39.3 Å². The Morgan fingerprint density at radius 1 is 1.04 bits per heavy atom. The monoisotopic (exact) mass is 372 g/mol. The van der Waals surface area contributed by atoms with Crippen molar-refractivity contribution in [3.8, 4) is 0 Å². The molecule has 0 aromatic heterocycles. The molecule has 0 spiro atoms. The van der Waals surface area contributed by atoms with Crippen LogP contribution in [0.3, 0.4) is 0 Å². The van der Waals surface area contributed by atoms with Crippen molar-refractivity contribution in [2.24, 2.45) is 10.2 Å². The molecule has 3 N–H and O–H groups in total. The van der Waals surface area contributed by atoms with Crippen LogP contribution in [0, 0.1) is 0 Å². The van der Waals surface area contributed by atoms with Gasteiger partial charge in [0.1, 0.15) is 11.4 Å². The van der Waals surface area contributed by atoms with E-state index in [0.717, 1.165) is 11.3 Å². The summed E-state index contributed by atoms with van der Waals surface area (Å²) in [6, 6.07) is 12.5. The van der Waals surface area contributed by atoms with Gasteiger partial charge < -0.3 is 23.2 Å². The first kappa shape index (κ1) is 19.8. The van der Waals surface area contributed by atoms with Gasteiger partial charge in [0.2, 0.25) is 5.78 Å². The van der Waals surface area contributed by atoms with Crippen LogP contribution < -0.4 is 22.6 Å². The van der Waals surface area contributed by atoms with Crippen molar-refractivity contribution in [3.63, 3.8) is 0 Å². The Kier molecular flexibility index (Phi) is 5.61. The topological polar surface area (TPSA) is 88.0 Å². The van der Waals surface area contributed by atoms with Gasteiger partial charge in [-0.05, 0) is 42.0 Å². The number of aliphatic hydroxyl groups is 1. The van der Waals surface area contributed by atoms with Crippen molar-refractivity contribution in [2.45, 2.75) is 6.10 Å². The standard InChI is InChI=1S/C19H20N4O2.ClH/c1-23(2,3)16-6-4-5-12-11-15(18(24)19(25)17(12)16)22-21-14-9-7-13(20)8-10-14;/h4-11,18,24H,1-3H3,(H-,20,22,25);1H. The van der Waals surface area contributed by atoms with Crippen LogP contribution in [-0.2, 0) is 0 Å². The molecule has 0 heterocycles. The lowest BCUT2D eigenvalue weighted by Gasteiger charge is -2.28. The third-order valence-corrected chi connectivity index (χ3v) is 4.05. The van der Waals surface area contributed by atoms with Crippen LogP contribution in [0.2, 0.25) is 0 Å². The number of carbonyl (C=O) groups is 1. The molecule has 0 aliphatic heterocycles. The second-order valence-electron chi connectivity index (χ2n) is 6.88. The van der Waals surface area contributed by atoms with Crippen molar-refractivity contribution < 1.29 is 22.3 Å². The second-order valence-corrected chi connectivity index (χ2v) is 6.88. The summed E-state index contributed by atoms with van der Waals surface area (Å²) in [5.74, 6) is -0.354. The number of azo groups is 1. The van der Waals surface area contributed by atoms with Crippen LogP contribution in [0.25, 0.3) is 6.08 Å². The SMILES string of the molecule is C[N+](C)(C)c1cccc2c1C(=O)C(O)C(N=Nc1ccc(N)cc1)=C2.[Cl-]. The van der Waals surface area contributed by atoms with E-state index in [0.29, 0.717) is 21.4 Å². The van der Waals surface area contributed by atoms with Gasteiger partial charge in [-0.25, -0.2) is 0 Å². The molecular weight excluding hydrogens is 352 g/mol. The number of nitrogens with two attached hydrogens (primary N) is 1. The number of hydrogen-bond acceptors (Lipinski definition) is 5. The van der Waals surface area contributed by atoms with Crippen LogP contribution in [0.1, 0.15) is 15.9 Å². The van der Waals surface area contributed by atoms with E-state index in [1.54, 1.807) is 30.3 Å². The van der Waals surface area contributed by atoms with Crippen molar-refractivity contribution in [3.05, 3.63) is 59.3 Å². The van der Waals surface area contributed by atoms with Crippen LogP contribution >= 0.6 is 0 Å². The number of Topliss-reactive ketones (excluding diaryl/α,β-unsaturated/α-hetero) is 1. The van der Waals surface area contributed by atoms with Crippen LogP contribution in [0.15, 0.2) is 58.4 Å². The number of anilines is 1. The molecule has 0 saturated heterocycles. The molecular formula is C19H21ClN4O2. The zero-order chi connectivity index (χ0) is 18.2. The van der Waals surface area contributed by atoms with Gasteiger partial charge in [0.05, 0.1) is 32.4 Å². The molecule has 1 atom stereocenters. The second kappa shape index (κ2) is 7.37. The predicted octanol–water partition coefficient (Wildman–Crippen LogP) is 0.151. The molecule has 1 aliphatic carbocycles. The molecule has 0 bridgehead atoms. The molecule has 6 nitrogen and oxygen atoms in total. The highest BCUT2D eigenvalue weighted by atomic mass is 35.5. The number of nitrogen functional groups attached to an aromatic ring is 1. The van der Waals surface area contributed by atoms with E-state index >= 15 is 0 Å². The van der Waals surface area contributed by atoms with E-state index < -0.39 is 6.10 Å². The molecule has 0 fully saturated rings. The van der Waals surface area contributed by atoms with E-state index in [-0.39, 0.29) is 23.9 Å². The molecule has 1 unspecified atom stereocenters. The molecule has 26 heavy (non-hydrogen) atoms. The zero-order valence-corrected chi connectivity index (χ0v) is 15.6. The highest BCUT2D eigenvalue weighted by Gasteiger charge is 2.34. The first-order valence-electron chi connectivity index (χ1n) is 7.93. The first-order valence-corrected chi connectivity index (χ1v) is 7.93. The molecule has 7 heteroatoms. The minimum absolute atomic E-state index is 0. The van der Waals surface area contributed by atoms with Gasteiger partial charge in [-0.1, -0.05) is 12.1 Å². The molecule has 1 aliphatic rings. The third kappa shape index (κ3) is 3.83. The average Bonchev–Trinajstić information content (AvgIpc) is 2.57. The Morgan fingerprint density at radius 2 is 1.69 bits per heavy atom. The molecule has 3 rings (SSSR count). The Labute approximate surface area is 158 Å². The van der Waals surface area contributed by atoms with Crippen LogP contribution in [0.4, 0.5) is 17.1 Å². The number of aliphatic hydroxyl groups excluding tert-OH is 1. The van der Waals surface area contributed by atoms with Crippen molar-refractivity contribution >= 4 is 28.9 Å². The van der Waals surface area contributed by atoms with E-state index in [1.165, 1.54) is 0 Å².